The monoisotopic (exact) mass is 365 g/mol. The second-order valence-corrected chi connectivity index (χ2v) is 5.88. The van der Waals surface area contributed by atoms with Gasteiger partial charge >= 0.3 is 0 Å². The maximum Gasteiger partial charge on any atom is 0.231 e. The van der Waals surface area contributed by atoms with Crippen molar-refractivity contribution >= 4 is 23.0 Å². The molecule has 0 unspecified atom stereocenters. The molecule has 4 N–H and O–H groups in total. The van der Waals surface area contributed by atoms with E-state index in [1.807, 2.05) is 42.5 Å². The topological polar surface area (TPSA) is 104 Å². The SMILES string of the molecule is COc1cccc(Nc2ncnc(NCc3ccc4c(c3)OCO4)c2N)c1. The molecule has 0 saturated heterocycles. The fourth-order valence-electron chi connectivity index (χ4n) is 2.71. The fraction of sp³-hybridized carbons (Fsp3) is 0.158. The molecule has 0 fully saturated rings. The predicted octanol–water partition coefficient (Wildman–Crippen LogP) is 3.15. The number of aromatic nitrogens is 2. The summed E-state index contributed by atoms with van der Waals surface area (Å²) in [5.41, 5.74) is 8.51. The summed E-state index contributed by atoms with van der Waals surface area (Å²) >= 11 is 0. The van der Waals surface area contributed by atoms with Crippen LogP contribution in [0.1, 0.15) is 5.56 Å². The van der Waals surface area contributed by atoms with E-state index in [1.54, 1.807) is 7.11 Å². The Morgan fingerprint density at radius 1 is 1.07 bits per heavy atom. The van der Waals surface area contributed by atoms with Gasteiger partial charge in [-0.05, 0) is 29.8 Å². The van der Waals surface area contributed by atoms with Crippen LogP contribution in [0.2, 0.25) is 0 Å². The van der Waals surface area contributed by atoms with Crippen LogP contribution in [0.4, 0.5) is 23.0 Å². The highest BCUT2D eigenvalue weighted by Gasteiger charge is 2.14. The zero-order chi connectivity index (χ0) is 18.6. The smallest absolute Gasteiger partial charge is 0.231 e. The lowest BCUT2D eigenvalue weighted by Gasteiger charge is -2.13. The molecule has 0 spiro atoms. The maximum atomic E-state index is 6.23. The molecule has 0 atom stereocenters. The summed E-state index contributed by atoms with van der Waals surface area (Å²) < 4.78 is 16.0. The van der Waals surface area contributed by atoms with Gasteiger partial charge in [0, 0.05) is 18.3 Å². The maximum absolute atomic E-state index is 6.23. The molecule has 8 nitrogen and oxygen atoms in total. The van der Waals surface area contributed by atoms with E-state index in [4.69, 9.17) is 19.9 Å². The number of nitrogens with two attached hydrogens (primary N) is 1. The van der Waals surface area contributed by atoms with Gasteiger partial charge in [0.1, 0.15) is 17.8 Å². The summed E-state index contributed by atoms with van der Waals surface area (Å²) in [6.07, 6.45) is 1.46. The first kappa shape index (κ1) is 16.8. The lowest BCUT2D eigenvalue weighted by atomic mass is 10.2. The van der Waals surface area contributed by atoms with Crippen LogP contribution >= 0.6 is 0 Å². The second kappa shape index (κ2) is 7.28. The molecule has 1 aliphatic heterocycles. The minimum absolute atomic E-state index is 0.254. The first-order chi connectivity index (χ1) is 13.2. The number of ether oxygens (including phenoxy) is 3. The first-order valence-electron chi connectivity index (χ1n) is 8.37. The molecule has 2 aromatic carbocycles. The van der Waals surface area contributed by atoms with Crippen molar-refractivity contribution in [1.82, 2.24) is 9.97 Å². The molecule has 1 aliphatic rings. The predicted molar refractivity (Wildman–Crippen MR) is 103 cm³/mol. The van der Waals surface area contributed by atoms with E-state index in [2.05, 4.69) is 20.6 Å². The van der Waals surface area contributed by atoms with Gasteiger partial charge in [0.05, 0.1) is 7.11 Å². The Morgan fingerprint density at radius 2 is 1.93 bits per heavy atom. The highest BCUT2D eigenvalue weighted by Crippen LogP contribution is 2.33. The van der Waals surface area contributed by atoms with Gasteiger partial charge in [-0.3, -0.25) is 0 Å². The van der Waals surface area contributed by atoms with Gasteiger partial charge in [0.25, 0.3) is 0 Å². The lowest BCUT2D eigenvalue weighted by molar-refractivity contribution is 0.174. The van der Waals surface area contributed by atoms with E-state index >= 15 is 0 Å². The van der Waals surface area contributed by atoms with Crippen molar-refractivity contribution in [3.8, 4) is 17.2 Å². The minimum atomic E-state index is 0.254. The van der Waals surface area contributed by atoms with E-state index in [1.165, 1.54) is 6.33 Å². The third-order valence-electron chi connectivity index (χ3n) is 4.11. The fourth-order valence-corrected chi connectivity index (χ4v) is 2.71. The number of hydrogen-bond donors (Lipinski definition) is 3. The average molecular weight is 365 g/mol. The van der Waals surface area contributed by atoms with E-state index in [-0.39, 0.29) is 6.79 Å². The Balaban J connectivity index is 1.48. The third-order valence-corrected chi connectivity index (χ3v) is 4.11. The largest absolute Gasteiger partial charge is 0.497 e. The quantitative estimate of drug-likeness (QED) is 0.612. The minimum Gasteiger partial charge on any atom is -0.497 e. The highest BCUT2D eigenvalue weighted by atomic mass is 16.7. The van der Waals surface area contributed by atoms with Crippen LogP contribution in [0.25, 0.3) is 0 Å². The summed E-state index contributed by atoms with van der Waals surface area (Å²) in [5.74, 6) is 3.31. The van der Waals surface area contributed by atoms with Crippen LogP contribution in [0.15, 0.2) is 48.8 Å². The van der Waals surface area contributed by atoms with Crippen molar-refractivity contribution in [3.05, 3.63) is 54.4 Å². The van der Waals surface area contributed by atoms with E-state index in [9.17, 15) is 0 Å². The summed E-state index contributed by atoms with van der Waals surface area (Å²) in [7, 11) is 1.62. The number of fused-ring (bicyclic) bond motifs is 1. The number of anilines is 4. The molecule has 0 bridgehead atoms. The van der Waals surface area contributed by atoms with Crippen molar-refractivity contribution in [2.24, 2.45) is 0 Å². The van der Waals surface area contributed by atoms with Crippen molar-refractivity contribution in [3.63, 3.8) is 0 Å². The Hall–Kier alpha value is -3.68. The first-order valence-corrected chi connectivity index (χ1v) is 8.37. The Kier molecular flexibility index (Phi) is 4.52. The molecule has 0 amide bonds. The van der Waals surface area contributed by atoms with E-state index < -0.39 is 0 Å². The molecule has 27 heavy (non-hydrogen) atoms. The third kappa shape index (κ3) is 3.64. The van der Waals surface area contributed by atoms with Crippen molar-refractivity contribution in [2.75, 3.05) is 30.3 Å². The van der Waals surface area contributed by atoms with Crippen LogP contribution < -0.4 is 30.6 Å². The van der Waals surface area contributed by atoms with Crippen molar-refractivity contribution in [1.29, 1.82) is 0 Å². The van der Waals surface area contributed by atoms with Gasteiger partial charge in [-0.25, -0.2) is 9.97 Å². The van der Waals surface area contributed by atoms with Gasteiger partial charge in [-0.1, -0.05) is 12.1 Å². The number of benzene rings is 2. The Morgan fingerprint density at radius 3 is 2.81 bits per heavy atom. The molecule has 0 aliphatic carbocycles. The Labute approximate surface area is 156 Å². The van der Waals surface area contributed by atoms with Crippen LogP contribution in [0, 0.1) is 0 Å². The molecule has 4 rings (SSSR count). The zero-order valence-electron chi connectivity index (χ0n) is 14.7. The van der Waals surface area contributed by atoms with Crippen molar-refractivity contribution < 1.29 is 14.2 Å². The van der Waals surface area contributed by atoms with E-state index in [0.29, 0.717) is 23.9 Å². The second-order valence-electron chi connectivity index (χ2n) is 5.88. The molecule has 0 saturated carbocycles. The highest BCUT2D eigenvalue weighted by molar-refractivity contribution is 5.77. The van der Waals surface area contributed by atoms with E-state index in [0.717, 1.165) is 28.5 Å². The molecular formula is C19H19N5O3. The number of methoxy groups -OCH3 is 1. The molecule has 8 heteroatoms. The molecule has 0 radical (unpaired) electrons. The Bertz CT molecular complexity index is 964. The van der Waals surface area contributed by atoms with Gasteiger partial charge < -0.3 is 30.6 Å². The van der Waals surface area contributed by atoms with Crippen LogP contribution in [-0.4, -0.2) is 23.9 Å². The molecule has 3 aromatic rings. The van der Waals surface area contributed by atoms with Crippen molar-refractivity contribution in [2.45, 2.75) is 6.54 Å². The van der Waals surface area contributed by atoms with Gasteiger partial charge in [0.15, 0.2) is 23.1 Å². The lowest BCUT2D eigenvalue weighted by Crippen LogP contribution is -2.08. The summed E-state index contributed by atoms with van der Waals surface area (Å²) in [6.45, 7) is 0.792. The van der Waals surface area contributed by atoms with Crippen LogP contribution in [0.3, 0.4) is 0 Å². The van der Waals surface area contributed by atoms with Crippen LogP contribution in [0.5, 0.6) is 17.2 Å². The standard InChI is InChI=1S/C19H19N5O3/c1-25-14-4-2-3-13(8-14)24-19-17(20)18(22-10-23-19)21-9-12-5-6-15-16(7-12)27-11-26-15/h2-8,10H,9,11,20H2,1H3,(H2,21,22,23,24). The zero-order valence-corrected chi connectivity index (χ0v) is 14.7. The van der Waals surface area contributed by atoms with Gasteiger partial charge in [-0.15, -0.1) is 0 Å². The molecular weight excluding hydrogens is 346 g/mol. The van der Waals surface area contributed by atoms with Gasteiger partial charge in [0.2, 0.25) is 6.79 Å². The summed E-state index contributed by atoms with van der Waals surface area (Å²) in [6, 6.07) is 13.3. The normalized spacial score (nSPS) is 11.9. The number of rotatable bonds is 6. The number of nitrogens with one attached hydrogen (secondary N) is 2. The summed E-state index contributed by atoms with van der Waals surface area (Å²) in [4.78, 5) is 8.46. The number of nitrogen functional groups attached to an aromatic ring is 1. The summed E-state index contributed by atoms with van der Waals surface area (Å²) in [5, 5.41) is 6.42. The number of hydrogen-bond acceptors (Lipinski definition) is 8. The molecule has 138 valence electrons. The molecule has 2 heterocycles. The number of nitrogens with zero attached hydrogens (tertiary/aromatic N) is 2. The molecule has 1 aromatic heterocycles. The van der Waals surface area contributed by atoms with Crippen LogP contribution in [-0.2, 0) is 6.54 Å². The average Bonchev–Trinajstić information content (AvgIpc) is 3.16. The van der Waals surface area contributed by atoms with Gasteiger partial charge in [-0.2, -0.15) is 0 Å².